The minimum absolute atomic E-state index is 0.373. The Morgan fingerprint density at radius 2 is 2.38 bits per heavy atom. The lowest BCUT2D eigenvalue weighted by Gasteiger charge is -1.95. The fraction of sp³-hybridized carbons (Fsp3) is 0.400. The van der Waals surface area contributed by atoms with Gasteiger partial charge in [0.05, 0.1) is 13.1 Å². The molecule has 0 aromatic carbocycles. The van der Waals surface area contributed by atoms with Crippen molar-refractivity contribution in [3.8, 4) is 0 Å². The van der Waals surface area contributed by atoms with Crippen LogP contribution >= 0.6 is 0 Å². The van der Waals surface area contributed by atoms with Crippen molar-refractivity contribution in [3.05, 3.63) is 12.7 Å². The van der Waals surface area contributed by atoms with Crippen LogP contribution in [0.15, 0.2) is 12.7 Å². The van der Waals surface area contributed by atoms with Gasteiger partial charge in [0, 0.05) is 6.08 Å². The fourth-order valence-electron chi connectivity index (χ4n) is 0.297. The summed E-state index contributed by atoms with van der Waals surface area (Å²) in [4.78, 5) is 14.9. The molecule has 0 saturated carbocycles. The van der Waals surface area contributed by atoms with Crippen LogP contribution in [0.4, 0.5) is 0 Å². The second-order valence-corrected chi connectivity index (χ2v) is 1.54. The smallest absolute Gasteiger partial charge is 0.349 e. The quantitative estimate of drug-likeness (QED) is 0.371. The third kappa shape index (κ3) is 1.35. The standard InChI is InChI=1S/C5H7NO2/c1-2-5(7)8-6-3-4-6/h2H,1,3-4H2. The van der Waals surface area contributed by atoms with E-state index in [4.69, 9.17) is 0 Å². The molecule has 0 spiro atoms. The molecular formula is C5H7NO2. The lowest BCUT2D eigenvalue weighted by molar-refractivity contribution is -0.159. The van der Waals surface area contributed by atoms with Gasteiger partial charge in [-0.1, -0.05) is 6.58 Å². The van der Waals surface area contributed by atoms with Gasteiger partial charge in [-0.05, 0) is 0 Å². The van der Waals surface area contributed by atoms with Crippen molar-refractivity contribution >= 4 is 5.97 Å². The molecule has 1 aliphatic heterocycles. The van der Waals surface area contributed by atoms with Gasteiger partial charge in [0.15, 0.2) is 0 Å². The van der Waals surface area contributed by atoms with Crippen molar-refractivity contribution in [2.45, 2.75) is 0 Å². The van der Waals surface area contributed by atoms with Crippen LogP contribution in [0.2, 0.25) is 0 Å². The molecule has 0 amide bonds. The summed E-state index contributed by atoms with van der Waals surface area (Å²) >= 11 is 0. The highest BCUT2D eigenvalue weighted by Crippen LogP contribution is 2.03. The van der Waals surface area contributed by atoms with Gasteiger partial charge >= 0.3 is 5.97 Å². The van der Waals surface area contributed by atoms with Gasteiger partial charge in [-0.2, -0.15) is 0 Å². The Labute approximate surface area is 47.5 Å². The molecule has 0 aliphatic carbocycles. The largest absolute Gasteiger partial charge is 0.364 e. The highest BCUT2D eigenvalue weighted by atomic mass is 16.7. The summed E-state index contributed by atoms with van der Waals surface area (Å²) in [5, 5.41) is 1.56. The summed E-state index contributed by atoms with van der Waals surface area (Å²) in [5.41, 5.74) is 0. The average Bonchev–Trinajstić information content (AvgIpc) is 2.50. The molecule has 3 nitrogen and oxygen atoms in total. The molecule has 0 unspecified atom stereocenters. The molecule has 0 aromatic heterocycles. The van der Waals surface area contributed by atoms with E-state index in [9.17, 15) is 4.79 Å². The molecule has 8 heavy (non-hydrogen) atoms. The zero-order valence-electron chi connectivity index (χ0n) is 4.46. The SMILES string of the molecule is C=CC(=O)ON1CC1. The van der Waals surface area contributed by atoms with Crippen molar-refractivity contribution in [2.75, 3.05) is 13.1 Å². The normalized spacial score (nSPS) is 17.5. The maximum Gasteiger partial charge on any atom is 0.349 e. The summed E-state index contributed by atoms with van der Waals surface area (Å²) in [6, 6.07) is 0. The Kier molecular flexibility index (Phi) is 1.30. The maximum atomic E-state index is 10.3. The number of hydrogen-bond acceptors (Lipinski definition) is 3. The van der Waals surface area contributed by atoms with Crippen LogP contribution in [-0.2, 0) is 9.63 Å². The van der Waals surface area contributed by atoms with E-state index in [1.807, 2.05) is 0 Å². The van der Waals surface area contributed by atoms with E-state index in [2.05, 4.69) is 11.4 Å². The van der Waals surface area contributed by atoms with Crippen molar-refractivity contribution in [3.63, 3.8) is 0 Å². The Hall–Kier alpha value is -0.830. The lowest BCUT2D eigenvalue weighted by atomic mass is 10.7. The van der Waals surface area contributed by atoms with E-state index >= 15 is 0 Å². The molecule has 0 radical (unpaired) electrons. The summed E-state index contributed by atoms with van der Waals surface area (Å²) in [6.45, 7) is 4.96. The first-order chi connectivity index (χ1) is 3.83. The van der Waals surface area contributed by atoms with Crippen molar-refractivity contribution in [2.24, 2.45) is 0 Å². The number of hydrogen-bond donors (Lipinski definition) is 0. The minimum Gasteiger partial charge on any atom is -0.364 e. The Morgan fingerprint density at radius 1 is 1.75 bits per heavy atom. The molecule has 3 heteroatoms. The molecule has 1 aliphatic rings. The molecule has 1 rings (SSSR count). The maximum absolute atomic E-state index is 10.3. The van der Waals surface area contributed by atoms with Crippen LogP contribution in [0.1, 0.15) is 0 Å². The van der Waals surface area contributed by atoms with Crippen molar-refractivity contribution in [1.82, 2.24) is 5.06 Å². The molecule has 44 valence electrons. The van der Waals surface area contributed by atoms with Crippen LogP contribution in [-0.4, -0.2) is 24.1 Å². The van der Waals surface area contributed by atoms with E-state index < -0.39 is 0 Å². The molecule has 1 fully saturated rings. The minimum atomic E-state index is -0.373. The van der Waals surface area contributed by atoms with Crippen molar-refractivity contribution in [1.29, 1.82) is 0 Å². The topological polar surface area (TPSA) is 29.3 Å². The van der Waals surface area contributed by atoms with Gasteiger partial charge in [-0.15, -0.1) is 5.06 Å². The second kappa shape index (κ2) is 1.96. The third-order valence-corrected chi connectivity index (χ3v) is 0.792. The van der Waals surface area contributed by atoms with Crippen LogP contribution < -0.4 is 0 Å². The van der Waals surface area contributed by atoms with E-state index in [0.717, 1.165) is 19.2 Å². The number of rotatable bonds is 2. The van der Waals surface area contributed by atoms with Crippen molar-refractivity contribution < 1.29 is 9.63 Å². The Balaban J connectivity index is 2.16. The molecule has 1 saturated heterocycles. The van der Waals surface area contributed by atoms with E-state index in [-0.39, 0.29) is 5.97 Å². The Morgan fingerprint density at radius 3 is 2.75 bits per heavy atom. The van der Waals surface area contributed by atoms with Crippen LogP contribution in [0.5, 0.6) is 0 Å². The van der Waals surface area contributed by atoms with E-state index in [0.29, 0.717) is 0 Å². The predicted molar refractivity (Wildman–Crippen MR) is 27.9 cm³/mol. The zero-order valence-corrected chi connectivity index (χ0v) is 4.46. The first kappa shape index (κ1) is 5.31. The second-order valence-electron chi connectivity index (χ2n) is 1.54. The molecule has 1 heterocycles. The van der Waals surface area contributed by atoms with Crippen LogP contribution in [0, 0.1) is 0 Å². The van der Waals surface area contributed by atoms with Crippen LogP contribution in [0.3, 0.4) is 0 Å². The first-order valence-electron chi connectivity index (χ1n) is 2.42. The van der Waals surface area contributed by atoms with Gasteiger partial charge in [0.2, 0.25) is 0 Å². The van der Waals surface area contributed by atoms with Gasteiger partial charge in [-0.3, -0.25) is 0 Å². The monoisotopic (exact) mass is 113 g/mol. The summed E-state index contributed by atoms with van der Waals surface area (Å²) in [5.74, 6) is -0.373. The zero-order chi connectivity index (χ0) is 5.98. The lowest BCUT2D eigenvalue weighted by Crippen LogP contribution is -2.05. The van der Waals surface area contributed by atoms with Gasteiger partial charge < -0.3 is 4.84 Å². The number of carbonyl (C=O) groups is 1. The van der Waals surface area contributed by atoms with Gasteiger partial charge in [0.25, 0.3) is 0 Å². The summed E-state index contributed by atoms with van der Waals surface area (Å²) in [6.07, 6.45) is 1.15. The molecule has 0 atom stereocenters. The number of hydroxylamine groups is 2. The highest BCUT2D eigenvalue weighted by Gasteiger charge is 2.20. The number of carbonyl (C=O) groups excluding carboxylic acids is 1. The van der Waals surface area contributed by atoms with E-state index in [1.54, 1.807) is 5.06 Å². The average molecular weight is 113 g/mol. The number of nitrogens with zero attached hydrogens (tertiary/aromatic N) is 1. The third-order valence-electron chi connectivity index (χ3n) is 0.792. The summed E-state index contributed by atoms with van der Waals surface area (Å²) < 4.78 is 0. The Bertz CT molecular complexity index is 118. The molecule has 0 aromatic rings. The van der Waals surface area contributed by atoms with Gasteiger partial charge in [-0.25, -0.2) is 4.79 Å². The highest BCUT2D eigenvalue weighted by molar-refractivity contribution is 5.80. The van der Waals surface area contributed by atoms with E-state index in [1.165, 1.54) is 0 Å². The van der Waals surface area contributed by atoms with Crippen LogP contribution in [0.25, 0.3) is 0 Å². The molecule has 0 bridgehead atoms. The molecule has 0 N–H and O–H groups in total. The fourth-order valence-corrected chi connectivity index (χ4v) is 0.297. The summed E-state index contributed by atoms with van der Waals surface area (Å²) in [7, 11) is 0. The predicted octanol–water partition coefficient (Wildman–Crippen LogP) is -0.0538. The van der Waals surface area contributed by atoms with Gasteiger partial charge in [0.1, 0.15) is 0 Å². The first-order valence-corrected chi connectivity index (χ1v) is 2.42. The molecular weight excluding hydrogens is 106 g/mol.